The number of thioether (sulfide) groups is 1. The molecule has 0 aliphatic heterocycles. The van der Waals surface area contributed by atoms with Gasteiger partial charge in [-0.15, -0.1) is 11.8 Å². The number of hydrogen-bond donors (Lipinski definition) is 1. The number of halogens is 2. The van der Waals surface area contributed by atoms with E-state index >= 15 is 0 Å². The number of nitrogens with one attached hydrogen (secondary N) is 1. The van der Waals surface area contributed by atoms with E-state index in [0.717, 1.165) is 29.5 Å². The Morgan fingerprint density at radius 1 is 1.10 bits per heavy atom. The smallest absolute Gasteiger partial charge is 0.128 e. The van der Waals surface area contributed by atoms with Gasteiger partial charge in [-0.05, 0) is 49.1 Å². The third kappa shape index (κ3) is 3.83. The van der Waals surface area contributed by atoms with Crippen molar-refractivity contribution >= 4 is 11.8 Å². The van der Waals surface area contributed by atoms with Crippen LogP contribution in [0.4, 0.5) is 8.78 Å². The van der Waals surface area contributed by atoms with E-state index in [0.29, 0.717) is 5.56 Å². The lowest BCUT2D eigenvalue weighted by Crippen LogP contribution is -2.24. The molecule has 1 N–H and O–H groups in total. The fourth-order valence-corrected chi connectivity index (χ4v) is 2.95. The van der Waals surface area contributed by atoms with Crippen LogP contribution in [0.3, 0.4) is 0 Å². The van der Waals surface area contributed by atoms with Gasteiger partial charge in [0.1, 0.15) is 11.6 Å². The molecule has 0 bridgehead atoms. The molecule has 2 aromatic carbocycles. The molecular weight excluding hydrogens is 288 g/mol. The van der Waals surface area contributed by atoms with Crippen molar-refractivity contribution in [3.63, 3.8) is 0 Å². The van der Waals surface area contributed by atoms with E-state index in [2.05, 4.69) is 5.32 Å². The van der Waals surface area contributed by atoms with E-state index in [4.69, 9.17) is 0 Å². The van der Waals surface area contributed by atoms with E-state index < -0.39 is 5.82 Å². The van der Waals surface area contributed by atoms with Crippen molar-refractivity contribution in [1.29, 1.82) is 0 Å². The standard InChI is InChI=1S/C17H19F2NS/c1-3-10-20-17(13-6-4-5-7-16(13)21-2)14-11-12(18)8-9-15(14)19/h4-9,11,17,20H,3,10H2,1-2H3. The molecule has 0 aliphatic carbocycles. The van der Waals surface area contributed by atoms with Crippen molar-refractivity contribution in [2.24, 2.45) is 0 Å². The summed E-state index contributed by atoms with van der Waals surface area (Å²) in [4.78, 5) is 1.06. The van der Waals surface area contributed by atoms with Gasteiger partial charge >= 0.3 is 0 Å². The molecule has 0 heterocycles. The highest BCUT2D eigenvalue weighted by Gasteiger charge is 2.20. The zero-order valence-electron chi connectivity index (χ0n) is 12.2. The van der Waals surface area contributed by atoms with Gasteiger partial charge in [0.15, 0.2) is 0 Å². The molecule has 0 saturated carbocycles. The van der Waals surface area contributed by atoms with Crippen LogP contribution in [0.5, 0.6) is 0 Å². The second-order valence-electron chi connectivity index (χ2n) is 4.79. The first-order chi connectivity index (χ1) is 10.2. The molecule has 1 unspecified atom stereocenters. The molecule has 2 rings (SSSR count). The summed E-state index contributed by atoms with van der Waals surface area (Å²) in [6.07, 6.45) is 2.91. The molecule has 0 aromatic heterocycles. The van der Waals surface area contributed by atoms with Crippen LogP contribution in [0, 0.1) is 11.6 Å². The molecule has 0 amide bonds. The number of hydrogen-bond acceptors (Lipinski definition) is 2. The molecule has 0 aliphatic rings. The van der Waals surface area contributed by atoms with Gasteiger partial charge < -0.3 is 5.32 Å². The van der Waals surface area contributed by atoms with Crippen LogP contribution in [0.2, 0.25) is 0 Å². The van der Waals surface area contributed by atoms with Crippen molar-refractivity contribution in [1.82, 2.24) is 5.32 Å². The molecule has 0 fully saturated rings. The minimum atomic E-state index is -0.420. The first-order valence-corrected chi connectivity index (χ1v) is 8.21. The van der Waals surface area contributed by atoms with Gasteiger partial charge in [-0.2, -0.15) is 0 Å². The topological polar surface area (TPSA) is 12.0 Å². The monoisotopic (exact) mass is 307 g/mol. The molecule has 0 spiro atoms. The molecule has 2 aromatic rings. The molecule has 4 heteroatoms. The molecule has 0 saturated heterocycles. The van der Waals surface area contributed by atoms with Crippen LogP contribution in [-0.2, 0) is 0 Å². The summed E-state index contributed by atoms with van der Waals surface area (Å²) < 4.78 is 27.7. The SMILES string of the molecule is CCCNC(c1cc(F)ccc1F)c1ccccc1SC. The number of benzene rings is 2. The summed E-state index contributed by atoms with van der Waals surface area (Å²) in [5, 5.41) is 3.32. The highest BCUT2D eigenvalue weighted by Crippen LogP contribution is 2.31. The quantitative estimate of drug-likeness (QED) is 0.771. The van der Waals surface area contributed by atoms with Crippen LogP contribution in [0.15, 0.2) is 47.4 Å². The number of rotatable bonds is 6. The van der Waals surface area contributed by atoms with Crippen molar-refractivity contribution < 1.29 is 8.78 Å². The second kappa shape index (κ2) is 7.57. The second-order valence-corrected chi connectivity index (χ2v) is 5.64. The Bertz CT molecular complexity index is 601. The first kappa shape index (κ1) is 16.0. The minimum absolute atomic E-state index is 0.343. The third-order valence-electron chi connectivity index (χ3n) is 3.32. The predicted molar refractivity (Wildman–Crippen MR) is 84.7 cm³/mol. The molecule has 1 nitrogen and oxygen atoms in total. The van der Waals surface area contributed by atoms with Gasteiger partial charge in [-0.25, -0.2) is 8.78 Å². The molecular formula is C17H19F2NS. The Morgan fingerprint density at radius 3 is 2.57 bits per heavy atom. The van der Waals surface area contributed by atoms with E-state index in [1.165, 1.54) is 12.1 Å². The summed E-state index contributed by atoms with van der Waals surface area (Å²) in [6.45, 7) is 2.79. The van der Waals surface area contributed by atoms with Crippen molar-refractivity contribution in [2.45, 2.75) is 24.3 Å². The zero-order chi connectivity index (χ0) is 15.2. The maximum absolute atomic E-state index is 14.2. The maximum atomic E-state index is 14.2. The van der Waals surface area contributed by atoms with Crippen LogP contribution in [0.1, 0.15) is 30.5 Å². The van der Waals surface area contributed by atoms with E-state index in [1.807, 2.05) is 37.4 Å². The molecule has 1 atom stereocenters. The fourth-order valence-electron chi connectivity index (χ4n) is 2.32. The van der Waals surface area contributed by atoms with Gasteiger partial charge in [0.2, 0.25) is 0 Å². The van der Waals surface area contributed by atoms with Crippen molar-refractivity contribution in [2.75, 3.05) is 12.8 Å². The minimum Gasteiger partial charge on any atom is -0.306 e. The van der Waals surface area contributed by atoms with Crippen LogP contribution in [0.25, 0.3) is 0 Å². The molecule has 0 radical (unpaired) electrons. The normalized spacial score (nSPS) is 12.4. The summed E-state index contributed by atoms with van der Waals surface area (Å²) in [5.74, 6) is -0.808. The van der Waals surface area contributed by atoms with E-state index in [1.54, 1.807) is 11.8 Å². The van der Waals surface area contributed by atoms with Crippen LogP contribution >= 0.6 is 11.8 Å². The summed E-state index contributed by atoms with van der Waals surface area (Å²) in [6, 6.07) is 11.1. The Balaban J connectivity index is 2.49. The van der Waals surface area contributed by atoms with Gasteiger partial charge in [0, 0.05) is 10.5 Å². The van der Waals surface area contributed by atoms with Crippen molar-refractivity contribution in [3.8, 4) is 0 Å². The first-order valence-electron chi connectivity index (χ1n) is 6.98. The van der Waals surface area contributed by atoms with Crippen LogP contribution in [-0.4, -0.2) is 12.8 Å². The summed E-state index contributed by atoms with van der Waals surface area (Å²) >= 11 is 1.61. The largest absolute Gasteiger partial charge is 0.306 e. The average molecular weight is 307 g/mol. The molecule has 21 heavy (non-hydrogen) atoms. The average Bonchev–Trinajstić information content (AvgIpc) is 2.51. The predicted octanol–water partition coefficient (Wildman–Crippen LogP) is 4.78. The lowest BCUT2D eigenvalue weighted by atomic mass is 9.97. The summed E-state index contributed by atoms with van der Waals surface area (Å²) in [7, 11) is 0. The lowest BCUT2D eigenvalue weighted by Gasteiger charge is -2.22. The highest BCUT2D eigenvalue weighted by molar-refractivity contribution is 7.98. The Morgan fingerprint density at radius 2 is 1.86 bits per heavy atom. The maximum Gasteiger partial charge on any atom is 0.128 e. The van der Waals surface area contributed by atoms with Gasteiger partial charge in [-0.1, -0.05) is 25.1 Å². The van der Waals surface area contributed by atoms with Crippen molar-refractivity contribution in [3.05, 3.63) is 65.2 Å². The Kier molecular flexibility index (Phi) is 5.76. The Labute approximate surface area is 128 Å². The van der Waals surface area contributed by atoms with Gasteiger partial charge in [0.05, 0.1) is 6.04 Å². The van der Waals surface area contributed by atoms with E-state index in [-0.39, 0.29) is 11.9 Å². The van der Waals surface area contributed by atoms with Crippen LogP contribution < -0.4 is 5.32 Å². The van der Waals surface area contributed by atoms with Gasteiger partial charge in [-0.3, -0.25) is 0 Å². The lowest BCUT2D eigenvalue weighted by molar-refractivity contribution is 0.532. The zero-order valence-corrected chi connectivity index (χ0v) is 13.0. The molecule has 112 valence electrons. The summed E-state index contributed by atoms with van der Waals surface area (Å²) in [5.41, 5.74) is 1.33. The van der Waals surface area contributed by atoms with E-state index in [9.17, 15) is 8.78 Å². The van der Waals surface area contributed by atoms with Gasteiger partial charge in [0.25, 0.3) is 0 Å². The Hall–Kier alpha value is -1.39. The highest BCUT2D eigenvalue weighted by atomic mass is 32.2. The third-order valence-corrected chi connectivity index (χ3v) is 4.13. The fraction of sp³-hybridized carbons (Fsp3) is 0.294.